The van der Waals surface area contributed by atoms with E-state index in [1.54, 1.807) is 13.8 Å². The fraction of sp³-hybridized carbons (Fsp3) is 0.450. The largest absolute Gasteiger partial charge is 0.465 e. The number of carbonyl (C=O) groups is 1. The lowest BCUT2D eigenvalue weighted by Crippen LogP contribution is -2.32. The number of halogens is 5. The monoisotopic (exact) mass is 525 g/mol. The van der Waals surface area contributed by atoms with Crippen molar-refractivity contribution in [3.63, 3.8) is 0 Å². The minimum atomic E-state index is -5.89. The van der Waals surface area contributed by atoms with Crippen molar-refractivity contribution < 1.29 is 39.9 Å². The van der Waals surface area contributed by atoms with Crippen LogP contribution in [0, 0.1) is 11.3 Å². The van der Waals surface area contributed by atoms with Crippen molar-refractivity contribution in [2.24, 2.45) is 0 Å². The number of carbonyl (C=O) groups excluding carboxylic acids is 1. The molecule has 2 heterocycles. The Balaban J connectivity index is 2.54. The predicted octanol–water partition coefficient (Wildman–Crippen LogP) is 4.79. The SMILES string of the molecule is CCS(=O)(=O)c1cc(C(C)(C)C#N)cnc1NCc1cc(C(F)(F)C(F)(F)F)sc1C(=O)OC. The molecule has 2 aromatic heterocycles. The zero-order valence-corrected chi connectivity index (χ0v) is 20.0. The maximum Gasteiger partial charge on any atom is 0.458 e. The van der Waals surface area contributed by atoms with Crippen LogP contribution >= 0.6 is 11.3 Å². The van der Waals surface area contributed by atoms with E-state index >= 15 is 0 Å². The molecular formula is C20H20F5N3O4S2. The predicted molar refractivity (Wildman–Crippen MR) is 114 cm³/mol. The van der Waals surface area contributed by atoms with Gasteiger partial charge in [0, 0.05) is 12.7 Å². The molecule has 7 nitrogen and oxygen atoms in total. The van der Waals surface area contributed by atoms with Gasteiger partial charge in [0.25, 0.3) is 0 Å². The highest BCUT2D eigenvalue weighted by Crippen LogP contribution is 2.47. The number of ether oxygens (including phenoxy) is 1. The topological polar surface area (TPSA) is 109 Å². The Labute approximate surface area is 196 Å². The summed E-state index contributed by atoms with van der Waals surface area (Å²) in [7, 11) is -2.95. The van der Waals surface area contributed by atoms with Gasteiger partial charge in [0.2, 0.25) is 0 Å². The van der Waals surface area contributed by atoms with Crippen molar-refractivity contribution in [1.29, 1.82) is 5.26 Å². The minimum Gasteiger partial charge on any atom is -0.465 e. The first-order valence-corrected chi connectivity index (χ1v) is 12.0. The average Bonchev–Trinajstić information content (AvgIpc) is 3.21. The summed E-state index contributed by atoms with van der Waals surface area (Å²) in [6.45, 7) is 3.97. The molecule has 2 aromatic rings. The van der Waals surface area contributed by atoms with E-state index in [0.29, 0.717) is 11.6 Å². The first-order chi connectivity index (χ1) is 15.5. The molecule has 0 amide bonds. The van der Waals surface area contributed by atoms with Gasteiger partial charge >= 0.3 is 18.1 Å². The van der Waals surface area contributed by atoms with Crippen LogP contribution < -0.4 is 5.32 Å². The standard InChI is InChI=1S/C20H20F5N3O4S2/c1-5-34(30,31)13-7-12(18(2,3)10-26)9-28-16(13)27-8-11-6-14(19(21,22)20(23,24)25)33-15(11)17(29)32-4/h6-7,9H,5,8H2,1-4H3,(H,27,28). The molecule has 0 radical (unpaired) electrons. The van der Waals surface area contributed by atoms with Crippen LogP contribution in [0.25, 0.3) is 0 Å². The highest BCUT2D eigenvalue weighted by Gasteiger charge is 2.60. The molecule has 0 unspecified atom stereocenters. The molecule has 2 rings (SSSR count). The van der Waals surface area contributed by atoms with Gasteiger partial charge in [-0.05, 0) is 37.1 Å². The number of nitriles is 1. The number of hydrogen-bond donors (Lipinski definition) is 1. The Bertz CT molecular complexity index is 1230. The van der Waals surface area contributed by atoms with Crippen LogP contribution in [0.15, 0.2) is 23.2 Å². The summed E-state index contributed by atoms with van der Waals surface area (Å²) in [6.07, 6.45) is -4.64. The summed E-state index contributed by atoms with van der Waals surface area (Å²) in [5, 5.41) is 11.9. The quantitative estimate of drug-likeness (QED) is 0.390. The molecule has 1 N–H and O–H groups in total. The van der Waals surface area contributed by atoms with Crippen LogP contribution in [-0.2, 0) is 32.5 Å². The van der Waals surface area contributed by atoms with E-state index in [2.05, 4.69) is 15.0 Å². The number of alkyl halides is 5. The Morgan fingerprint density at radius 1 is 1.24 bits per heavy atom. The Morgan fingerprint density at radius 3 is 2.35 bits per heavy atom. The number of esters is 1. The van der Waals surface area contributed by atoms with E-state index in [0.717, 1.165) is 7.11 Å². The summed E-state index contributed by atoms with van der Waals surface area (Å²) >= 11 is -0.0751. The van der Waals surface area contributed by atoms with Gasteiger partial charge in [0.05, 0.1) is 29.2 Å². The highest BCUT2D eigenvalue weighted by atomic mass is 32.2. The summed E-state index contributed by atoms with van der Waals surface area (Å²) in [5.74, 6) is -6.89. The third kappa shape index (κ3) is 5.30. The van der Waals surface area contributed by atoms with E-state index < -0.39 is 49.6 Å². The molecule has 0 saturated carbocycles. The number of nitrogens with one attached hydrogen (secondary N) is 1. The molecule has 0 saturated heterocycles. The number of rotatable bonds is 8. The summed E-state index contributed by atoms with van der Waals surface area (Å²) < 4.78 is 95.8. The van der Waals surface area contributed by atoms with Crippen molar-refractivity contribution in [1.82, 2.24) is 4.98 Å². The number of pyridine rings is 1. The second kappa shape index (κ2) is 9.46. The molecule has 14 heteroatoms. The molecule has 0 aliphatic carbocycles. The number of hydrogen-bond acceptors (Lipinski definition) is 8. The molecule has 0 aliphatic rings. The van der Waals surface area contributed by atoms with Crippen molar-refractivity contribution in [3.05, 3.63) is 39.2 Å². The number of sulfone groups is 1. The Hall–Kier alpha value is -2.79. The van der Waals surface area contributed by atoms with Gasteiger partial charge in [0.1, 0.15) is 15.6 Å². The molecule has 186 valence electrons. The number of aromatic nitrogens is 1. The van der Waals surface area contributed by atoms with E-state index in [1.165, 1.54) is 19.2 Å². The van der Waals surface area contributed by atoms with Gasteiger partial charge in [-0.2, -0.15) is 27.2 Å². The third-order valence-electron chi connectivity index (χ3n) is 4.86. The summed E-state index contributed by atoms with van der Waals surface area (Å²) in [5.41, 5.74) is -1.04. The smallest absolute Gasteiger partial charge is 0.458 e. The Kier molecular flexibility index (Phi) is 7.64. The zero-order chi connectivity index (χ0) is 26.1. The van der Waals surface area contributed by atoms with Crippen LogP contribution in [0.4, 0.5) is 27.8 Å². The number of nitrogens with zero attached hydrogens (tertiary/aromatic N) is 2. The van der Waals surface area contributed by atoms with Gasteiger partial charge in [-0.25, -0.2) is 18.2 Å². The highest BCUT2D eigenvalue weighted by molar-refractivity contribution is 7.91. The second-order valence-electron chi connectivity index (χ2n) is 7.59. The molecule has 34 heavy (non-hydrogen) atoms. The van der Waals surface area contributed by atoms with E-state index in [4.69, 9.17) is 0 Å². The van der Waals surface area contributed by atoms with Crippen molar-refractivity contribution >= 4 is 33.0 Å². The Morgan fingerprint density at radius 2 is 1.85 bits per heavy atom. The van der Waals surface area contributed by atoms with Crippen molar-refractivity contribution in [3.8, 4) is 6.07 Å². The van der Waals surface area contributed by atoms with Crippen LogP contribution in [-0.4, -0.2) is 38.4 Å². The lowest BCUT2D eigenvalue weighted by atomic mass is 9.88. The van der Waals surface area contributed by atoms with Crippen LogP contribution in [0.2, 0.25) is 0 Å². The molecule has 0 atom stereocenters. The van der Waals surface area contributed by atoms with E-state index in [1.807, 2.05) is 6.07 Å². The van der Waals surface area contributed by atoms with E-state index in [9.17, 15) is 40.4 Å². The normalized spacial score (nSPS) is 12.8. The van der Waals surface area contributed by atoms with Crippen LogP contribution in [0.5, 0.6) is 0 Å². The third-order valence-corrected chi connectivity index (χ3v) is 7.83. The van der Waals surface area contributed by atoms with Crippen LogP contribution in [0.3, 0.4) is 0 Å². The molecule has 0 bridgehead atoms. The lowest BCUT2D eigenvalue weighted by molar-refractivity contribution is -0.287. The number of thiophene rings is 1. The lowest BCUT2D eigenvalue weighted by Gasteiger charge is -2.18. The number of methoxy groups -OCH3 is 1. The van der Waals surface area contributed by atoms with Crippen LogP contribution in [0.1, 0.15) is 46.4 Å². The molecule has 0 fully saturated rings. The maximum atomic E-state index is 13.8. The maximum absolute atomic E-state index is 13.8. The van der Waals surface area contributed by atoms with Gasteiger partial charge < -0.3 is 10.1 Å². The van der Waals surface area contributed by atoms with Crippen molar-refractivity contribution in [2.75, 3.05) is 18.2 Å². The summed E-state index contributed by atoms with van der Waals surface area (Å²) in [4.78, 5) is 13.8. The summed E-state index contributed by atoms with van der Waals surface area (Å²) in [6, 6.07) is 3.78. The molecule has 0 aliphatic heterocycles. The van der Waals surface area contributed by atoms with Gasteiger partial charge in [-0.1, -0.05) is 6.92 Å². The molecular weight excluding hydrogens is 505 g/mol. The molecule has 0 aromatic carbocycles. The average molecular weight is 526 g/mol. The van der Waals surface area contributed by atoms with Crippen molar-refractivity contribution in [2.45, 2.75) is 49.7 Å². The van der Waals surface area contributed by atoms with Gasteiger partial charge in [-0.3, -0.25) is 0 Å². The first kappa shape index (κ1) is 27.5. The zero-order valence-electron chi connectivity index (χ0n) is 18.4. The second-order valence-corrected chi connectivity index (χ2v) is 10.9. The fourth-order valence-electron chi connectivity index (χ4n) is 2.68. The first-order valence-electron chi connectivity index (χ1n) is 9.56. The van der Waals surface area contributed by atoms with E-state index in [-0.39, 0.29) is 33.4 Å². The molecule has 0 spiro atoms. The number of anilines is 1. The van der Waals surface area contributed by atoms with Gasteiger partial charge in [-0.15, -0.1) is 11.3 Å². The minimum absolute atomic E-state index is 0.0751. The fourth-order valence-corrected chi connectivity index (χ4v) is 4.81. The van der Waals surface area contributed by atoms with Gasteiger partial charge in [0.15, 0.2) is 9.84 Å².